The minimum absolute atomic E-state index is 0. The van der Waals surface area contributed by atoms with Gasteiger partial charge in [0.15, 0.2) is 0 Å². The van der Waals surface area contributed by atoms with E-state index in [0.717, 1.165) is 16.7 Å². The van der Waals surface area contributed by atoms with Crippen LogP contribution in [0, 0.1) is 20.8 Å². The van der Waals surface area contributed by atoms with Gasteiger partial charge in [0.25, 0.3) is 10.0 Å². The second kappa shape index (κ2) is 5.63. The number of fused-ring (bicyclic) bond motifs is 1. The summed E-state index contributed by atoms with van der Waals surface area (Å²) >= 11 is 0. The third kappa shape index (κ3) is 2.67. The van der Waals surface area contributed by atoms with Gasteiger partial charge in [-0.15, -0.1) is 4.40 Å². The fourth-order valence-electron chi connectivity index (χ4n) is 3.40. The van der Waals surface area contributed by atoms with E-state index < -0.39 is 10.0 Å². The largest absolute Gasteiger partial charge is 0.369 e. The van der Waals surface area contributed by atoms with Crippen LogP contribution >= 0.6 is 0 Å². The molecule has 0 spiro atoms. The number of aryl methyl sites for hydroxylation is 3. The van der Waals surface area contributed by atoms with E-state index >= 15 is 0 Å². The van der Waals surface area contributed by atoms with E-state index in [1.807, 2.05) is 13.0 Å². The van der Waals surface area contributed by atoms with Crippen molar-refractivity contribution in [3.8, 4) is 0 Å². The van der Waals surface area contributed by atoms with Crippen molar-refractivity contribution in [2.24, 2.45) is 10.1 Å². The van der Waals surface area contributed by atoms with Crippen LogP contribution in [0.5, 0.6) is 0 Å². The maximum absolute atomic E-state index is 12.3. The molecular weight excluding hydrogens is 322 g/mol. The summed E-state index contributed by atoms with van der Waals surface area (Å²) in [6.45, 7) is 8.19. The Kier molecular flexibility index (Phi) is 3.87. The highest BCUT2D eigenvalue weighted by Crippen LogP contribution is 2.39. The molecule has 2 aromatic carbocycles. The molecule has 0 fully saturated rings. The molecule has 0 saturated heterocycles. The molecule has 5 nitrogen and oxygen atoms in total. The third-order valence-corrected chi connectivity index (χ3v) is 5.83. The van der Waals surface area contributed by atoms with Crippen LogP contribution in [0.25, 0.3) is 0 Å². The quantitative estimate of drug-likeness (QED) is 0.868. The fourth-order valence-corrected chi connectivity index (χ4v) is 4.46. The van der Waals surface area contributed by atoms with E-state index in [1.165, 1.54) is 11.1 Å². The molecule has 0 bridgehead atoms. The van der Waals surface area contributed by atoms with Gasteiger partial charge >= 0.3 is 0 Å². The smallest absolute Gasteiger partial charge is 0.287 e. The monoisotopic (exact) mass is 347 g/mol. The van der Waals surface area contributed by atoms with Gasteiger partial charge in [-0.3, -0.25) is 0 Å². The number of nitrogens with two attached hydrogens (primary N) is 1. The van der Waals surface area contributed by atoms with Crippen LogP contribution in [0.3, 0.4) is 0 Å². The van der Waals surface area contributed by atoms with E-state index in [0.29, 0.717) is 5.69 Å². The first-order valence-electron chi connectivity index (χ1n) is 7.79. The topological polar surface area (TPSA) is 84.5 Å². The number of hydrogen-bond donors (Lipinski definition) is 2. The molecule has 2 aromatic rings. The predicted molar refractivity (Wildman–Crippen MR) is 101 cm³/mol. The number of anilines is 1. The number of rotatable bonds is 2. The molecule has 1 aliphatic rings. The first kappa shape index (κ1) is 16.5. The summed E-state index contributed by atoms with van der Waals surface area (Å²) < 4.78 is 28.2. The molecule has 1 heterocycles. The second-order valence-corrected chi connectivity index (χ2v) is 7.90. The maximum Gasteiger partial charge on any atom is 0.287 e. The molecule has 130 valence electrons. The molecule has 0 radical (unpaired) electrons. The Morgan fingerprint density at radius 2 is 1.83 bits per heavy atom. The van der Waals surface area contributed by atoms with Crippen LogP contribution in [0.15, 0.2) is 39.6 Å². The lowest BCUT2D eigenvalue weighted by Gasteiger charge is -2.25. The maximum atomic E-state index is 12.3. The van der Waals surface area contributed by atoms with Gasteiger partial charge in [0.05, 0.1) is 5.69 Å². The Balaban J connectivity index is 0.00000169. The van der Waals surface area contributed by atoms with Crippen molar-refractivity contribution in [2.45, 2.75) is 38.5 Å². The number of sulfonamides is 1. The average Bonchev–Trinajstić information content (AvgIpc) is 2.45. The van der Waals surface area contributed by atoms with Crippen LogP contribution in [0.1, 0.15) is 43.5 Å². The van der Waals surface area contributed by atoms with E-state index in [4.69, 9.17) is 5.73 Å². The average molecular weight is 347 g/mol. The normalized spacial score (nSPS) is 16.8. The zero-order valence-electron chi connectivity index (χ0n) is 14.2. The van der Waals surface area contributed by atoms with Crippen LogP contribution in [-0.4, -0.2) is 14.4 Å². The standard InChI is InChI=1S/C18H21N3O2S.2H2/c1-10-5-7-14(12(3)9-10)13(4)16-11(2)6-8-15-17(16)20-18(19)21-24(15,22)23;;/h5-9,13H,1-4H3,(H3,19,20,21);2*1H/t13-;;/m0../s1. The van der Waals surface area contributed by atoms with Crippen molar-refractivity contribution in [2.75, 3.05) is 5.32 Å². The van der Waals surface area contributed by atoms with Gasteiger partial charge in [-0.2, -0.15) is 8.42 Å². The number of nitrogens with one attached hydrogen (secondary N) is 1. The van der Waals surface area contributed by atoms with E-state index in [1.54, 1.807) is 6.07 Å². The highest BCUT2D eigenvalue weighted by Gasteiger charge is 2.29. The molecule has 0 aromatic heterocycles. The lowest BCUT2D eigenvalue weighted by atomic mass is 9.86. The van der Waals surface area contributed by atoms with Gasteiger partial charge in [0.1, 0.15) is 4.90 Å². The number of hydrogen-bond acceptors (Lipinski definition) is 4. The molecular formula is C18H25N3O2S. The molecule has 1 atom stereocenters. The first-order chi connectivity index (χ1) is 11.2. The summed E-state index contributed by atoms with van der Waals surface area (Å²) in [7, 11) is -3.76. The highest BCUT2D eigenvalue weighted by molar-refractivity contribution is 7.90. The van der Waals surface area contributed by atoms with Crippen LogP contribution < -0.4 is 11.1 Å². The molecule has 0 aliphatic carbocycles. The Hall–Kier alpha value is -2.34. The van der Waals surface area contributed by atoms with Gasteiger partial charge < -0.3 is 11.1 Å². The van der Waals surface area contributed by atoms with Crippen molar-refractivity contribution < 1.29 is 11.3 Å². The summed E-state index contributed by atoms with van der Waals surface area (Å²) in [4.78, 5) is 0.175. The molecule has 1 aliphatic heterocycles. The lowest BCUT2D eigenvalue weighted by Crippen LogP contribution is -2.30. The van der Waals surface area contributed by atoms with Crippen molar-refractivity contribution >= 4 is 21.7 Å². The lowest BCUT2D eigenvalue weighted by molar-refractivity contribution is 0.597. The third-order valence-electron chi connectivity index (χ3n) is 4.50. The van der Waals surface area contributed by atoms with Gasteiger partial charge in [-0.05, 0) is 49.1 Å². The molecule has 0 unspecified atom stereocenters. The SMILES string of the molecule is Cc1ccc([C@H](C)c2c(C)ccc3c2NC(N)=NS3(=O)=O)c(C)c1.[HH].[HH]. The number of guanidine groups is 1. The van der Waals surface area contributed by atoms with Gasteiger partial charge in [-0.1, -0.05) is 36.8 Å². The number of benzene rings is 2. The van der Waals surface area contributed by atoms with Crippen molar-refractivity contribution in [3.05, 3.63) is 58.1 Å². The Morgan fingerprint density at radius 3 is 2.50 bits per heavy atom. The van der Waals surface area contributed by atoms with Gasteiger partial charge in [-0.25, -0.2) is 0 Å². The van der Waals surface area contributed by atoms with Crippen LogP contribution in [-0.2, 0) is 10.0 Å². The molecule has 3 rings (SSSR count). The predicted octanol–water partition coefficient (Wildman–Crippen LogP) is 3.68. The Labute approximate surface area is 145 Å². The van der Waals surface area contributed by atoms with Crippen molar-refractivity contribution in [3.63, 3.8) is 0 Å². The summed E-state index contributed by atoms with van der Waals surface area (Å²) in [6.07, 6.45) is 0. The molecule has 0 saturated carbocycles. The minimum atomic E-state index is -3.76. The first-order valence-corrected chi connectivity index (χ1v) is 9.23. The Bertz CT molecular complexity index is 973. The van der Waals surface area contributed by atoms with E-state index in [9.17, 15) is 8.42 Å². The molecule has 24 heavy (non-hydrogen) atoms. The molecule has 3 N–H and O–H groups in total. The van der Waals surface area contributed by atoms with Crippen molar-refractivity contribution in [1.29, 1.82) is 0 Å². The molecule has 6 heteroatoms. The van der Waals surface area contributed by atoms with Gasteiger partial charge in [0, 0.05) is 8.77 Å². The zero-order valence-corrected chi connectivity index (χ0v) is 15.0. The van der Waals surface area contributed by atoms with Crippen molar-refractivity contribution in [1.82, 2.24) is 0 Å². The van der Waals surface area contributed by atoms with Gasteiger partial charge in [0.2, 0.25) is 5.96 Å². The summed E-state index contributed by atoms with van der Waals surface area (Å²) in [5, 5.41) is 2.96. The zero-order chi connectivity index (χ0) is 17.6. The Morgan fingerprint density at radius 1 is 1.12 bits per heavy atom. The number of nitrogens with zero attached hydrogens (tertiary/aromatic N) is 1. The summed E-state index contributed by atoms with van der Waals surface area (Å²) in [5.74, 6) is -0.0728. The van der Waals surface area contributed by atoms with Crippen LogP contribution in [0.2, 0.25) is 0 Å². The van der Waals surface area contributed by atoms with E-state index in [2.05, 4.69) is 48.7 Å². The summed E-state index contributed by atoms with van der Waals surface area (Å²) in [5.41, 5.74) is 11.7. The van der Waals surface area contributed by atoms with Crippen LogP contribution in [0.4, 0.5) is 5.69 Å². The molecule has 0 amide bonds. The summed E-state index contributed by atoms with van der Waals surface area (Å²) in [6, 6.07) is 9.72. The fraction of sp³-hybridized carbons (Fsp3) is 0.278. The minimum Gasteiger partial charge on any atom is -0.369 e. The highest BCUT2D eigenvalue weighted by atomic mass is 32.2. The van der Waals surface area contributed by atoms with E-state index in [-0.39, 0.29) is 19.6 Å². The second-order valence-electron chi connectivity index (χ2n) is 6.33.